The van der Waals surface area contributed by atoms with Gasteiger partial charge < -0.3 is 9.84 Å². The molecule has 2 aromatic rings. The topological polar surface area (TPSA) is 46.5 Å². The van der Waals surface area contributed by atoms with Crippen LogP contribution in [-0.4, -0.2) is 17.7 Å². The number of carbonyl (C=O) groups is 1. The van der Waals surface area contributed by atoms with Gasteiger partial charge >= 0.3 is 5.97 Å². The summed E-state index contributed by atoms with van der Waals surface area (Å²) in [5, 5.41) is 9.37. The molecule has 0 amide bonds. The lowest BCUT2D eigenvalue weighted by atomic mass is 10.0. The molecule has 5 heteroatoms. The van der Waals surface area contributed by atoms with Crippen molar-refractivity contribution in [2.75, 3.05) is 6.61 Å². The number of halogens is 2. The van der Waals surface area contributed by atoms with Crippen LogP contribution in [0.2, 0.25) is 5.02 Å². The van der Waals surface area contributed by atoms with Gasteiger partial charge in [-0.15, -0.1) is 0 Å². The van der Waals surface area contributed by atoms with E-state index in [1.807, 2.05) is 6.92 Å². The van der Waals surface area contributed by atoms with Crippen molar-refractivity contribution in [1.82, 2.24) is 0 Å². The van der Waals surface area contributed by atoms with Gasteiger partial charge in [0.2, 0.25) is 0 Å². The number of benzene rings is 2. The molecule has 0 aromatic heterocycles. The number of carboxylic acid groups (broad SMARTS) is 1. The van der Waals surface area contributed by atoms with Crippen molar-refractivity contribution in [3.63, 3.8) is 0 Å². The molecule has 0 radical (unpaired) electrons. The molecule has 0 saturated heterocycles. The van der Waals surface area contributed by atoms with Crippen LogP contribution >= 0.6 is 11.6 Å². The highest BCUT2D eigenvalue weighted by Gasteiger charge is 2.11. The summed E-state index contributed by atoms with van der Waals surface area (Å²) in [5.74, 6) is -1.39. The number of carboxylic acids is 1. The highest BCUT2D eigenvalue weighted by atomic mass is 35.5. The van der Waals surface area contributed by atoms with E-state index in [-0.39, 0.29) is 11.3 Å². The molecular weight excluding hydrogens is 295 g/mol. The van der Waals surface area contributed by atoms with Gasteiger partial charge in [0, 0.05) is 10.6 Å². The molecule has 1 N–H and O–H groups in total. The van der Waals surface area contributed by atoms with Gasteiger partial charge in [0.25, 0.3) is 0 Å². The maximum atomic E-state index is 14.0. The van der Waals surface area contributed by atoms with Crippen LogP contribution in [0.1, 0.15) is 23.7 Å². The van der Waals surface area contributed by atoms with Gasteiger partial charge in [-0.25, -0.2) is 9.18 Å². The van der Waals surface area contributed by atoms with Gasteiger partial charge in [0.15, 0.2) is 11.6 Å². The van der Waals surface area contributed by atoms with Gasteiger partial charge in [-0.05, 0) is 42.3 Å². The van der Waals surface area contributed by atoms with E-state index >= 15 is 0 Å². The average Bonchev–Trinajstić information content (AvgIpc) is 2.46. The van der Waals surface area contributed by atoms with E-state index in [9.17, 15) is 9.18 Å². The predicted molar refractivity (Wildman–Crippen MR) is 79.6 cm³/mol. The first-order valence-electron chi connectivity index (χ1n) is 6.48. The van der Waals surface area contributed by atoms with Gasteiger partial charge in [-0.3, -0.25) is 0 Å². The molecule has 21 heavy (non-hydrogen) atoms. The maximum absolute atomic E-state index is 14.0. The summed E-state index contributed by atoms with van der Waals surface area (Å²) in [6, 6.07) is 8.78. The van der Waals surface area contributed by atoms with Crippen LogP contribution in [0.15, 0.2) is 36.4 Å². The molecular formula is C16H14ClFO3. The number of hydrogen-bond donors (Lipinski definition) is 1. The largest absolute Gasteiger partial charge is 0.491 e. The highest BCUT2D eigenvalue weighted by Crippen LogP contribution is 2.31. The summed E-state index contributed by atoms with van der Waals surface area (Å²) in [5.41, 5.74) is 1.07. The number of rotatable bonds is 5. The van der Waals surface area contributed by atoms with E-state index in [4.69, 9.17) is 21.4 Å². The fourth-order valence-corrected chi connectivity index (χ4v) is 2.10. The third-order valence-electron chi connectivity index (χ3n) is 2.92. The second kappa shape index (κ2) is 6.59. The van der Waals surface area contributed by atoms with Crippen LogP contribution in [0.5, 0.6) is 5.75 Å². The minimum atomic E-state index is -1.06. The molecule has 3 nitrogen and oxygen atoms in total. The summed E-state index contributed by atoms with van der Waals surface area (Å²) >= 11 is 6.06. The zero-order valence-electron chi connectivity index (χ0n) is 11.4. The van der Waals surface area contributed by atoms with E-state index in [2.05, 4.69) is 0 Å². The molecule has 0 aliphatic carbocycles. The summed E-state index contributed by atoms with van der Waals surface area (Å²) in [6.45, 7) is 2.37. The minimum Gasteiger partial charge on any atom is -0.491 e. The van der Waals surface area contributed by atoms with E-state index in [1.165, 1.54) is 30.3 Å². The Morgan fingerprint density at radius 2 is 2.05 bits per heavy atom. The standard InChI is InChI=1S/C16H14ClFO3/c1-2-7-21-15-6-4-10(9-14(15)18)12-8-11(16(19)20)3-5-13(12)17/h3-6,8-9H,2,7H2,1H3,(H,19,20). The lowest BCUT2D eigenvalue weighted by Crippen LogP contribution is -1.98. The molecule has 0 aliphatic rings. The SMILES string of the molecule is CCCOc1ccc(-c2cc(C(=O)O)ccc2Cl)cc1F. The zero-order valence-corrected chi connectivity index (χ0v) is 12.2. The monoisotopic (exact) mass is 308 g/mol. The van der Waals surface area contributed by atoms with Gasteiger partial charge in [0.1, 0.15) is 0 Å². The van der Waals surface area contributed by atoms with Crippen molar-refractivity contribution < 1.29 is 19.0 Å². The zero-order chi connectivity index (χ0) is 15.4. The third-order valence-corrected chi connectivity index (χ3v) is 3.25. The second-order valence-corrected chi connectivity index (χ2v) is 4.90. The highest BCUT2D eigenvalue weighted by molar-refractivity contribution is 6.33. The van der Waals surface area contributed by atoms with Gasteiger partial charge in [0.05, 0.1) is 12.2 Å². The van der Waals surface area contributed by atoms with Crippen molar-refractivity contribution >= 4 is 17.6 Å². The maximum Gasteiger partial charge on any atom is 0.335 e. The Kier molecular flexibility index (Phi) is 4.81. The van der Waals surface area contributed by atoms with E-state index in [1.54, 1.807) is 6.07 Å². The summed E-state index contributed by atoms with van der Waals surface area (Å²) in [6.07, 6.45) is 0.785. The lowest BCUT2D eigenvalue weighted by Gasteiger charge is -2.09. The first kappa shape index (κ1) is 15.3. The molecule has 0 atom stereocenters. The van der Waals surface area contributed by atoms with Crippen molar-refractivity contribution in [3.05, 3.63) is 52.8 Å². The van der Waals surface area contributed by atoms with Crippen molar-refractivity contribution in [1.29, 1.82) is 0 Å². The summed E-state index contributed by atoms with van der Waals surface area (Å²) in [7, 11) is 0. The predicted octanol–water partition coefficient (Wildman–Crippen LogP) is 4.63. The van der Waals surface area contributed by atoms with E-state index < -0.39 is 11.8 Å². The normalized spacial score (nSPS) is 10.4. The average molecular weight is 309 g/mol. The molecule has 0 bridgehead atoms. The molecule has 110 valence electrons. The third kappa shape index (κ3) is 3.52. The molecule has 0 heterocycles. The lowest BCUT2D eigenvalue weighted by molar-refractivity contribution is 0.0697. The van der Waals surface area contributed by atoms with Crippen LogP contribution in [0.4, 0.5) is 4.39 Å². The van der Waals surface area contributed by atoms with Crippen LogP contribution in [0.25, 0.3) is 11.1 Å². The van der Waals surface area contributed by atoms with Crippen LogP contribution in [0.3, 0.4) is 0 Å². The quantitative estimate of drug-likeness (QED) is 0.875. The van der Waals surface area contributed by atoms with Crippen LogP contribution < -0.4 is 4.74 Å². The Labute approximate surface area is 126 Å². The molecule has 0 aliphatic heterocycles. The minimum absolute atomic E-state index is 0.0983. The van der Waals surface area contributed by atoms with E-state index in [0.717, 1.165) is 6.42 Å². The number of ether oxygens (including phenoxy) is 1. The fraction of sp³-hybridized carbons (Fsp3) is 0.188. The van der Waals surface area contributed by atoms with Crippen LogP contribution in [0, 0.1) is 5.82 Å². The molecule has 0 spiro atoms. The Bertz CT molecular complexity index is 671. The smallest absolute Gasteiger partial charge is 0.335 e. The number of aromatic carboxylic acids is 1. The van der Waals surface area contributed by atoms with Crippen molar-refractivity contribution in [2.45, 2.75) is 13.3 Å². The Morgan fingerprint density at radius 1 is 1.29 bits per heavy atom. The van der Waals surface area contributed by atoms with Crippen LogP contribution in [-0.2, 0) is 0 Å². The Balaban J connectivity index is 2.40. The van der Waals surface area contributed by atoms with Crippen molar-refractivity contribution in [3.8, 4) is 16.9 Å². The Hall–Kier alpha value is -2.07. The first-order chi connectivity index (χ1) is 10.0. The molecule has 0 saturated carbocycles. The van der Waals surface area contributed by atoms with E-state index in [0.29, 0.717) is 22.8 Å². The summed E-state index contributed by atoms with van der Waals surface area (Å²) < 4.78 is 19.2. The summed E-state index contributed by atoms with van der Waals surface area (Å²) in [4.78, 5) is 11.0. The second-order valence-electron chi connectivity index (χ2n) is 4.49. The first-order valence-corrected chi connectivity index (χ1v) is 6.86. The molecule has 0 unspecified atom stereocenters. The van der Waals surface area contributed by atoms with Gasteiger partial charge in [-0.2, -0.15) is 0 Å². The Morgan fingerprint density at radius 3 is 2.67 bits per heavy atom. The van der Waals surface area contributed by atoms with Crippen molar-refractivity contribution in [2.24, 2.45) is 0 Å². The fourth-order valence-electron chi connectivity index (χ4n) is 1.88. The number of hydrogen-bond acceptors (Lipinski definition) is 2. The van der Waals surface area contributed by atoms with Gasteiger partial charge in [-0.1, -0.05) is 24.6 Å². The molecule has 0 fully saturated rings. The molecule has 2 rings (SSSR count). The molecule has 2 aromatic carbocycles.